The van der Waals surface area contributed by atoms with E-state index in [9.17, 15) is 13.2 Å². The van der Waals surface area contributed by atoms with Gasteiger partial charge in [0.15, 0.2) is 9.84 Å². The van der Waals surface area contributed by atoms with E-state index in [1.807, 2.05) is 6.26 Å². The van der Waals surface area contributed by atoms with Crippen molar-refractivity contribution in [2.24, 2.45) is 0 Å². The molecule has 5 nitrogen and oxygen atoms in total. The molecule has 0 aliphatic heterocycles. The number of rotatable bonds is 7. The van der Waals surface area contributed by atoms with Crippen LogP contribution in [-0.2, 0) is 16.3 Å². The molecular weight excluding hydrogens is 332 g/mol. The molecule has 0 saturated carbocycles. The van der Waals surface area contributed by atoms with Crippen LogP contribution >= 0.6 is 11.8 Å². The molecule has 1 aromatic carbocycles. The fourth-order valence-corrected chi connectivity index (χ4v) is 3.39. The lowest BCUT2D eigenvalue weighted by Crippen LogP contribution is -2.48. The molecule has 0 fully saturated rings. The predicted molar refractivity (Wildman–Crippen MR) is 96.9 cm³/mol. The van der Waals surface area contributed by atoms with E-state index in [1.54, 1.807) is 32.7 Å². The molecule has 0 aliphatic rings. The number of carbonyl (C=O) groups is 1. The van der Waals surface area contributed by atoms with E-state index in [4.69, 9.17) is 0 Å². The highest BCUT2D eigenvalue weighted by Crippen LogP contribution is 2.15. The van der Waals surface area contributed by atoms with Crippen LogP contribution in [0.4, 0.5) is 4.79 Å². The Hall–Kier alpha value is -1.21. The molecule has 0 heterocycles. The molecule has 0 bridgehead atoms. The Labute approximate surface area is 143 Å². The Kier molecular flexibility index (Phi) is 7.41. The van der Waals surface area contributed by atoms with Crippen LogP contribution in [0.15, 0.2) is 29.2 Å². The maximum Gasteiger partial charge on any atom is 0.317 e. The van der Waals surface area contributed by atoms with E-state index in [0.717, 1.165) is 12.0 Å². The van der Waals surface area contributed by atoms with Crippen LogP contribution in [0.1, 0.15) is 19.4 Å². The Morgan fingerprint density at radius 1 is 1.26 bits per heavy atom. The van der Waals surface area contributed by atoms with Gasteiger partial charge in [0.2, 0.25) is 0 Å². The largest absolute Gasteiger partial charge is 0.338 e. The van der Waals surface area contributed by atoms with Gasteiger partial charge in [-0.25, -0.2) is 13.2 Å². The lowest BCUT2D eigenvalue weighted by atomic mass is 10.1. The number of nitrogens with zero attached hydrogens (tertiary/aromatic N) is 1. The van der Waals surface area contributed by atoms with Crippen molar-refractivity contribution in [2.45, 2.75) is 36.5 Å². The number of hydrogen-bond acceptors (Lipinski definition) is 4. The quantitative estimate of drug-likeness (QED) is 0.760. The molecule has 0 spiro atoms. The zero-order chi connectivity index (χ0) is 17.6. The summed E-state index contributed by atoms with van der Waals surface area (Å²) >= 11 is 1.69. The second kappa shape index (κ2) is 8.59. The van der Waals surface area contributed by atoms with Crippen LogP contribution in [0.25, 0.3) is 0 Å². The molecule has 0 aromatic heterocycles. The molecule has 1 aromatic rings. The fourth-order valence-electron chi connectivity index (χ4n) is 2.09. The minimum absolute atomic E-state index is 0.256. The van der Waals surface area contributed by atoms with Gasteiger partial charge < -0.3 is 10.2 Å². The lowest BCUT2D eigenvalue weighted by molar-refractivity contribution is 0.193. The van der Waals surface area contributed by atoms with Gasteiger partial charge in [-0.1, -0.05) is 12.1 Å². The van der Waals surface area contributed by atoms with E-state index in [2.05, 4.69) is 29.6 Å². The lowest BCUT2D eigenvalue weighted by Gasteiger charge is -2.29. The first-order valence-electron chi connectivity index (χ1n) is 7.49. The zero-order valence-electron chi connectivity index (χ0n) is 14.4. The number of nitrogens with one attached hydrogen (secondary N) is 1. The summed E-state index contributed by atoms with van der Waals surface area (Å²) in [7, 11) is -1.55. The number of urea groups is 1. The summed E-state index contributed by atoms with van der Waals surface area (Å²) in [5, 5.41) is 2.23. The van der Waals surface area contributed by atoms with Gasteiger partial charge in [0.05, 0.1) is 5.25 Å². The summed E-state index contributed by atoms with van der Waals surface area (Å²) in [6, 6.07) is 7.58. The van der Waals surface area contributed by atoms with Crippen LogP contribution in [-0.4, -0.2) is 56.7 Å². The number of thioether (sulfide) groups is 1. The van der Waals surface area contributed by atoms with Gasteiger partial charge in [-0.05, 0) is 44.2 Å². The molecule has 2 unspecified atom stereocenters. The highest BCUT2D eigenvalue weighted by molar-refractivity contribution is 7.98. The predicted octanol–water partition coefficient (Wildman–Crippen LogP) is 2.41. The van der Waals surface area contributed by atoms with Gasteiger partial charge in [0.25, 0.3) is 0 Å². The summed E-state index contributed by atoms with van der Waals surface area (Å²) in [6.07, 6.45) is 3.96. The van der Waals surface area contributed by atoms with E-state index < -0.39 is 15.1 Å². The van der Waals surface area contributed by atoms with Crippen molar-refractivity contribution in [2.75, 3.05) is 26.1 Å². The van der Waals surface area contributed by atoms with Gasteiger partial charge in [0.1, 0.15) is 0 Å². The molecular formula is C16H26N2O3S2. The molecule has 1 N–H and O–H groups in total. The summed E-state index contributed by atoms with van der Waals surface area (Å²) in [5.74, 6) is 0. The molecule has 7 heteroatoms. The average Bonchev–Trinajstić information content (AvgIpc) is 2.52. The van der Waals surface area contributed by atoms with Crippen molar-refractivity contribution in [1.82, 2.24) is 10.2 Å². The molecule has 130 valence electrons. The van der Waals surface area contributed by atoms with Gasteiger partial charge in [-0.2, -0.15) is 0 Å². The maximum absolute atomic E-state index is 12.1. The highest BCUT2D eigenvalue weighted by atomic mass is 32.2. The Morgan fingerprint density at radius 3 is 2.30 bits per heavy atom. The van der Waals surface area contributed by atoms with Crippen molar-refractivity contribution >= 4 is 27.6 Å². The standard InChI is InChI=1S/C16H26N2O3S2/c1-12(13(2)23(5,20)21)18(3)16(19)17-11-10-14-6-8-15(22-4)9-7-14/h6-9,12-13H,10-11H2,1-5H3,(H,17,19). The minimum Gasteiger partial charge on any atom is -0.338 e. The summed E-state index contributed by atoms with van der Waals surface area (Å²) in [5.41, 5.74) is 1.16. The number of amides is 2. The van der Waals surface area contributed by atoms with E-state index in [-0.39, 0.29) is 12.1 Å². The van der Waals surface area contributed by atoms with Crippen molar-refractivity contribution in [1.29, 1.82) is 0 Å². The minimum atomic E-state index is -3.17. The van der Waals surface area contributed by atoms with Crippen molar-refractivity contribution in [3.05, 3.63) is 29.8 Å². The molecule has 0 aliphatic carbocycles. The van der Waals surface area contributed by atoms with Crippen LogP contribution in [0, 0.1) is 0 Å². The second-order valence-electron chi connectivity index (χ2n) is 5.72. The number of hydrogen-bond donors (Lipinski definition) is 1. The zero-order valence-corrected chi connectivity index (χ0v) is 16.0. The third kappa shape index (κ3) is 6.06. The highest BCUT2D eigenvalue weighted by Gasteiger charge is 2.27. The van der Waals surface area contributed by atoms with Crippen molar-refractivity contribution in [3.63, 3.8) is 0 Å². The normalized spacial score (nSPS) is 14.1. The summed E-state index contributed by atoms with van der Waals surface area (Å²) < 4.78 is 23.2. The first-order chi connectivity index (χ1) is 10.7. The first-order valence-corrected chi connectivity index (χ1v) is 10.7. The maximum atomic E-state index is 12.1. The van der Waals surface area contributed by atoms with Gasteiger partial charge in [-0.3, -0.25) is 0 Å². The van der Waals surface area contributed by atoms with Crippen molar-refractivity contribution in [3.8, 4) is 0 Å². The molecule has 2 atom stereocenters. The van der Waals surface area contributed by atoms with Crippen LogP contribution in [0.3, 0.4) is 0 Å². The van der Waals surface area contributed by atoms with E-state index in [1.165, 1.54) is 16.1 Å². The van der Waals surface area contributed by atoms with Crippen LogP contribution < -0.4 is 5.32 Å². The smallest absolute Gasteiger partial charge is 0.317 e. The van der Waals surface area contributed by atoms with Crippen LogP contribution in [0.5, 0.6) is 0 Å². The van der Waals surface area contributed by atoms with Crippen LogP contribution in [0.2, 0.25) is 0 Å². The number of benzene rings is 1. The van der Waals surface area contributed by atoms with Gasteiger partial charge in [-0.15, -0.1) is 11.8 Å². The van der Waals surface area contributed by atoms with Gasteiger partial charge >= 0.3 is 6.03 Å². The Morgan fingerprint density at radius 2 is 1.83 bits per heavy atom. The third-order valence-electron chi connectivity index (χ3n) is 4.13. The summed E-state index contributed by atoms with van der Waals surface area (Å²) in [4.78, 5) is 14.8. The topological polar surface area (TPSA) is 66.5 Å². The number of sulfone groups is 1. The third-order valence-corrected chi connectivity index (χ3v) is 6.62. The molecule has 0 saturated heterocycles. The second-order valence-corrected chi connectivity index (χ2v) is 9.00. The number of carbonyl (C=O) groups excluding carboxylic acids is 1. The van der Waals surface area contributed by atoms with E-state index in [0.29, 0.717) is 6.54 Å². The molecule has 23 heavy (non-hydrogen) atoms. The SMILES string of the molecule is CSc1ccc(CCNC(=O)N(C)C(C)C(C)S(C)(=O)=O)cc1. The average molecular weight is 359 g/mol. The summed E-state index contributed by atoms with van der Waals surface area (Å²) in [6.45, 7) is 3.88. The van der Waals surface area contributed by atoms with E-state index >= 15 is 0 Å². The molecule has 1 rings (SSSR count). The van der Waals surface area contributed by atoms with Crippen molar-refractivity contribution < 1.29 is 13.2 Å². The molecule has 0 radical (unpaired) electrons. The monoisotopic (exact) mass is 358 g/mol. The fraction of sp³-hybridized carbons (Fsp3) is 0.562. The van der Waals surface area contributed by atoms with Gasteiger partial charge in [0, 0.05) is 30.8 Å². The first kappa shape index (κ1) is 19.8. The Balaban J connectivity index is 2.49. The molecule has 2 amide bonds. The Bertz CT molecular complexity index is 615.